The molecule has 1 aliphatic heterocycles. The predicted octanol–water partition coefficient (Wildman–Crippen LogP) is 2.54. The maximum absolute atomic E-state index is 13.5. The molecule has 0 spiro atoms. The highest BCUT2D eigenvalue weighted by Crippen LogP contribution is 2.16. The number of nitrogens with zero attached hydrogens (tertiary/aromatic N) is 1. The summed E-state index contributed by atoms with van der Waals surface area (Å²) in [5, 5.41) is 3.46. The second-order valence-electron chi connectivity index (χ2n) is 4.91. The van der Waals surface area contributed by atoms with Crippen molar-refractivity contribution in [2.45, 2.75) is 32.4 Å². The van der Waals surface area contributed by atoms with Gasteiger partial charge in [-0.05, 0) is 37.6 Å². The summed E-state index contributed by atoms with van der Waals surface area (Å²) in [5.74, 6) is -0.687. The van der Waals surface area contributed by atoms with Crippen molar-refractivity contribution in [3.05, 3.63) is 35.4 Å². The first-order valence-corrected chi connectivity index (χ1v) is 6.58. The summed E-state index contributed by atoms with van der Waals surface area (Å²) in [5.41, 5.74) is 0.450. The van der Waals surface area contributed by atoms with E-state index in [-0.39, 0.29) is 11.6 Å². The molecule has 0 bridgehead atoms. The van der Waals surface area contributed by atoms with E-state index >= 15 is 0 Å². The summed E-state index contributed by atoms with van der Waals surface area (Å²) in [4.78, 5) is 2.17. The van der Waals surface area contributed by atoms with Gasteiger partial charge in [-0.15, -0.1) is 0 Å². The van der Waals surface area contributed by atoms with E-state index in [1.165, 1.54) is 12.1 Å². The van der Waals surface area contributed by atoms with Crippen LogP contribution >= 0.6 is 0 Å². The van der Waals surface area contributed by atoms with E-state index in [4.69, 9.17) is 0 Å². The fraction of sp³-hybridized carbons (Fsp3) is 0.571. The van der Waals surface area contributed by atoms with Crippen molar-refractivity contribution in [1.82, 2.24) is 10.2 Å². The summed E-state index contributed by atoms with van der Waals surface area (Å²) in [6.07, 6.45) is 2.20. The summed E-state index contributed by atoms with van der Waals surface area (Å²) in [6, 6.07) is 4.14. The maximum atomic E-state index is 13.5. The second-order valence-corrected chi connectivity index (χ2v) is 4.91. The molecule has 0 radical (unpaired) electrons. The van der Waals surface area contributed by atoms with Crippen LogP contribution < -0.4 is 5.32 Å². The lowest BCUT2D eigenvalue weighted by molar-refractivity contribution is 0.314. The highest BCUT2D eigenvalue weighted by Gasteiger charge is 2.22. The molecule has 1 unspecified atom stereocenters. The van der Waals surface area contributed by atoms with Crippen LogP contribution in [0.1, 0.15) is 25.3 Å². The molecule has 0 aromatic heterocycles. The molecule has 1 fully saturated rings. The summed E-state index contributed by atoms with van der Waals surface area (Å²) in [6.45, 7) is 5.51. The third-order valence-electron chi connectivity index (χ3n) is 3.36. The van der Waals surface area contributed by atoms with Crippen LogP contribution in [0.5, 0.6) is 0 Å². The fourth-order valence-corrected chi connectivity index (χ4v) is 2.40. The van der Waals surface area contributed by atoms with Crippen molar-refractivity contribution in [3.63, 3.8) is 0 Å². The first-order valence-electron chi connectivity index (χ1n) is 6.58. The maximum Gasteiger partial charge on any atom is 0.127 e. The third kappa shape index (κ3) is 3.50. The van der Waals surface area contributed by atoms with Crippen molar-refractivity contribution >= 4 is 0 Å². The zero-order valence-electron chi connectivity index (χ0n) is 10.8. The van der Waals surface area contributed by atoms with E-state index in [1.54, 1.807) is 0 Å². The van der Waals surface area contributed by atoms with Crippen LogP contribution in [0.15, 0.2) is 18.2 Å². The van der Waals surface area contributed by atoms with Gasteiger partial charge >= 0.3 is 0 Å². The Bertz CT molecular complexity index is 395. The van der Waals surface area contributed by atoms with Crippen LogP contribution in [0.4, 0.5) is 8.78 Å². The first-order chi connectivity index (χ1) is 8.69. The minimum Gasteiger partial charge on any atom is -0.313 e. The van der Waals surface area contributed by atoms with Gasteiger partial charge in [-0.25, -0.2) is 8.78 Å². The lowest BCUT2D eigenvalue weighted by Crippen LogP contribution is -2.32. The van der Waals surface area contributed by atoms with Gasteiger partial charge in [-0.3, -0.25) is 4.90 Å². The largest absolute Gasteiger partial charge is 0.313 e. The third-order valence-corrected chi connectivity index (χ3v) is 3.36. The van der Waals surface area contributed by atoms with Crippen LogP contribution in [0.2, 0.25) is 0 Å². The van der Waals surface area contributed by atoms with E-state index in [0.29, 0.717) is 18.2 Å². The number of hydrogen-bond acceptors (Lipinski definition) is 2. The average molecular weight is 254 g/mol. The number of hydrogen-bond donors (Lipinski definition) is 1. The van der Waals surface area contributed by atoms with Gasteiger partial charge < -0.3 is 5.32 Å². The summed E-state index contributed by atoms with van der Waals surface area (Å²) >= 11 is 0. The average Bonchev–Trinajstić information content (AvgIpc) is 2.79. The quantitative estimate of drug-likeness (QED) is 0.868. The van der Waals surface area contributed by atoms with E-state index in [0.717, 1.165) is 38.5 Å². The Hall–Kier alpha value is -1.00. The molecule has 1 aromatic rings. The van der Waals surface area contributed by atoms with Crippen molar-refractivity contribution in [2.75, 3.05) is 19.6 Å². The smallest absolute Gasteiger partial charge is 0.127 e. The van der Waals surface area contributed by atoms with Gasteiger partial charge in [0.1, 0.15) is 11.6 Å². The van der Waals surface area contributed by atoms with Crippen LogP contribution in [0, 0.1) is 11.6 Å². The number of benzene rings is 1. The predicted molar refractivity (Wildman–Crippen MR) is 68.3 cm³/mol. The standard InChI is InChI=1S/C14H20F2N2/c1-2-6-17-13-5-7-18(10-13)9-11-8-12(15)3-4-14(11)16/h3-4,8,13,17H,2,5-7,9-10H2,1H3. The fourth-order valence-electron chi connectivity index (χ4n) is 2.40. The van der Waals surface area contributed by atoms with Crippen molar-refractivity contribution in [3.8, 4) is 0 Å². The Morgan fingerprint density at radius 2 is 2.22 bits per heavy atom. The Labute approximate surface area is 107 Å². The van der Waals surface area contributed by atoms with Crippen molar-refractivity contribution in [1.29, 1.82) is 0 Å². The van der Waals surface area contributed by atoms with Crippen LogP contribution in [-0.4, -0.2) is 30.6 Å². The molecule has 2 rings (SSSR count). The molecular formula is C14H20F2N2. The number of rotatable bonds is 5. The van der Waals surface area contributed by atoms with Gasteiger partial charge in [0.05, 0.1) is 0 Å². The van der Waals surface area contributed by atoms with E-state index < -0.39 is 0 Å². The Balaban J connectivity index is 1.89. The van der Waals surface area contributed by atoms with Crippen LogP contribution in [-0.2, 0) is 6.54 Å². The van der Waals surface area contributed by atoms with Gasteiger partial charge in [-0.1, -0.05) is 6.92 Å². The highest BCUT2D eigenvalue weighted by molar-refractivity contribution is 5.18. The van der Waals surface area contributed by atoms with Gasteiger partial charge in [0.15, 0.2) is 0 Å². The molecule has 1 N–H and O–H groups in total. The van der Waals surface area contributed by atoms with Crippen LogP contribution in [0.25, 0.3) is 0 Å². The molecule has 1 heterocycles. The molecular weight excluding hydrogens is 234 g/mol. The van der Waals surface area contributed by atoms with Gasteiger partial charge in [-0.2, -0.15) is 0 Å². The normalized spacial score (nSPS) is 20.5. The summed E-state index contributed by atoms with van der Waals surface area (Å²) < 4.78 is 26.6. The zero-order valence-corrected chi connectivity index (χ0v) is 10.8. The van der Waals surface area contributed by atoms with E-state index in [2.05, 4.69) is 17.1 Å². The van der Waals surface area contributed by atoms with Crippen molar-refractivity contribution in [2.24, 2.45) is 0 Å². The molecule has 1 saturated heterocycles. The van der Waals surface area contributed by atoms with Gasteiger partial charge in [0, 0.05) is 31.2 Å². The zero-order chi connectivity index (χ0) is 13.0. The number of nitrogens with one attached hydrogen (secondary N) is 1. The molecule has 0 amide bonds. The molecule has 2 nitrogen and oxygen atoms in total. The molecule has 18 heavy (non-hydrogen) atoms. The molecule has 1 aromatic carbocycles. The van der Waals surface area contributed by atoms with Crippen molar-refractivity contribution < 1.29 is 8.78 Å². The van der Waals surface area contributed by atoms with Gasteiger partial charge in [0.25, 0.3) is 0 Å². The van der Waals surface area contributed by atoms with Gasteiger partial charge in [0.2, 0.25) is 0 Å². The monoisotopic (exact) mass is 254 g/mol. The Morgan fingerprint density at radius 3 is 3.00 bits per heavy atom. The SMILES string of the molecule is CCCNC1CCN(Cc2cc(F)ccc2F)C1. The molecule has 0 aliphatic carbocycles. The first kappa shape index (κ1) is 13.4. The minimum absolute atomic E-state index is 0.318. The number of halogens is 2. The highest BCUT2D eigenvalue weighted by atomic mass is 19.1. The molecule has 1 atom stereocenters. The van der Waals surface area contributed by atoms with Crippen LogP contribution in [0.3, 0.4) is 0 Å². The lowest BCUT2D eigenvalue weighted by atomic mass is 10.2. The lowest BCUT2D eigenvalue weighted by Gasteiger charge is -2.17. The number of likely N-dealkylation sites (tertiary alicyclic amines) is 1. The summed E-state index contributed by atoms with van der Waals surface area (Å²) in [7, 11) is 0. The molecule has 4 heteroatoms. The van der Waals surface area contributed by atoms with E-state index in [9.17, 15) is 8.78 Å². The van der Waals surface area contributed by atoms with E-state index in [1.807, 2.05) is 0 Å². The topological polar surface area (TPSA) is 15.3 Å². The molecule has 100 valence electrons. The molecule has 1 aliphatic rings. The second kappa shape index (κ2) is 6.25. The Kier molecular flexibility index (Phi) is 4.66. The molecule has 0 saturated carbocycles. The Morgan fingerprint density at radius 1 is 1.39 bits per heavy atom. The minimum atomic E-state index is -0.369.